The van der Waals surface area contributed by atoms with Gasteiger partial charge in [-0.25, -0.2) is 9.97 Å². The molecule has 0 unspecified atom stereocenters. The Bertz CT molecular complexity index is 1250. The van der Waals surface area contributed by atoms with Crippen LogP contribution in [0.5, 0.6) is 0 Å². The van der Waals surface area contributed by atoms with E-state index in [1.54, 1.807) is 15.9 Å². The number of hydrogen-bond donors (Lipinski definition) is 1. The van der Waals surface area contributed by atoms with Crippen LogP contribution in [-0.4, -0.2) is 35.6 Å². The highest BCUT2D eigenvalue weighted by atomic mass is 32.2. The van der Waals surface area contributed by atoms with Crippen LogP contribution in [0.2, 0.25) is 0 Å². The SMILES string of the molecule is Cc1nc(Cc2nnc(SC/C(O)=C(\C#N)c3nc4ccccc4n3C)o2)cs1. The van der Waals surface area contributed by atoms with Gasteiger partial charge in [-0.1, -0.05) is 23.9 Å². The third-order valence-corrected chi connectivity index (χ3v) is 5.84. The number of nitriles is 1. The number of aromatic nitrogens is 5. The highest BCUT2D eigenvalue weighted by Gasteiger charge is 2.17. The van der Waals surface area contributed by atoms with Crippen molar-refractivity contribution in [2.24, 2.45) is 7.05 Å². The first kappa shape index (κ1) is 19.2. The topological polar surface area (TPSA) is 114 Å². The van der Waals surface area contributed by atoms with E-state index in [1.807, 2.05) is 43.6 Å². The van der Waals surface area contributed by atoms with E-state index in [1.165, 1.54) is 0 Å². The number of fused-ring (bicyclic) bond motifs is 1. The number of aliphatic hydroxyl groups is 1. The van der Waals surface area contributed by atoms with Gasteiger partial charge in [-0.2, -0.15) is 5.26 Å². The van der Waals surface area contributed by atoms with Crippen LogP contribution in [0.4, 0.5) is 0 Å². The van der Waals surface area contributed by atoms with Gasteiger partial charge in [0, 0.05) is 12.4 Å². The predicted molar refractivity (Wildman–Crippen MR) is 111 cm³/mol. The minimum absolute atomic E-state index is 0.0919. The van der Waals surface area contributed by atoms with E-state index in [-0.39, 0.29) is 17.1 Å². The molecular formula is C19H16N6O2S2. The number of allylic oxidation sites excluding steroid dienone is 1. The van der Waals surface area contributed by atoms with Crippen molar-refractivity contribution in [3.63, 3.8) is 0 Å². The lowest BCUT2D eigenvalue weighted by Crippen LogP contribution is -2.00. The van der Waals surface area contributed by atoms with Crippen LogP contribution in [-0.2, 0) is 13.5 Å². The summed E-state index contributed by atoms with van der Waals surface area (Å²) >= 11 is 2.73. The molecule has 0 aliphatic rings. The summed E-state index contributed by atoms with van der Waals surface area (Å²) in [4.78, 5) is 8.84. The van der Waals surface area contributed by atoms with Crippen LogP contribution in [0.3, 0.4) is 0 Å². The molecule has 29 heavy (non-hydrogen) atoms. The highest BCUT2D eigenvalue weighted by molar-refractivity contribution is 7.99. The summed E-state index contributed by atoms with van der Waals surface area (Å²) in [6.07, 6.45) is 0.461. The Kier molecular flexibility index (Phi) is 5.33. The standard InChI is InChI=1S/C19H16N6O2S2/c1-11-21-12(9-28-11)7-17-23-24-19(27-17)29-10-16(26)13(8-20)18-22-14-5-3-4-6-15(14)25(18)2/h3-6,9,26H,7,10H2,1-2H3/b16-13-. The van der Waals surface area contributed by atoms with E-state index in [9.17, 15) is 10.4 Å². The second kappa shape index (κ2) is 8.06. The third kappa shape index (κ3) is 4.01. The zero-order valence-electron chi connectivity index (χ0n) is 15.7. The van der Waals surface area contributed by atoms with Crippen molar-refractivity contribution in [1.82, 2.24) is 24.7 Å². The van der Waals surface area contributed by atoms with Crippen LogP contribution >= 0.6 is 23.1 Å². The number of thiazole rings is 1. The molecule has 3 aromatic heterocycles. The molecule has 0 bridgehead atoms. The zero-order chi connectivity index (χ0) is 20.4. The van der Waals surface area contributed by atoms with Crippen molar-refractivity contribution < 1.29 is 9.52 Å². The number of aliphatic hydroxyl groups excluding tert-OH is 1. The maximum atomic E-state index is 10.5. The number of thioether (sulfide) groups is 1. The van der Waals surface area contributed by atoms with Gasteiger partial charge >= 0.3 is 0 Å². The molecule has 146 valence electrons. The lowest BCUT2D eigenvalue weighted by Gasteiger charge is -2.04. The number of benzene rings is 1. The van der Waals surface area contributed by atoms with E-state index in [0.29, 0.717) is 23.4 Å². The molecule has 0 aliphatic heterocycles. The van der Waals surface area contributed by atoms with Crippen LogP contribution in [0.15, 0.2) is 45.0 Å². The van der Waals surface area contributed by atoms with E-state index < -0.39 is 0 Å². The first-order chi connectivity index (χ1) is 14.0. The molecular weight excluding hydrogens is 408 g/mol. The summed E-state index contributed by atoms with van der Waals surface area (Å²) in [6.45, 7) is 1.94. The minimum Gasteiger partial charge on any atom is -0.510 e. The molecule has 1 aromatic carbocycles. The second-order valence-electron chi connectivity index (χ2n) is 6.20. The molecule has 0 saturated carbocycles. The summed E-state index contributed by atoms with van der Waals surface area (Å²) in [5.41, 5.74) is 2.64. The number of hydrogen-bond acceptors (Lipinski definition) is 9. The second-order valence-corrected chi connectivity index (χ2v) is 8.19. The Morgan fingerprint density at radius 3 is 2.86 bits per heavy atom. The molecule has 8 nitrogen and oxygen atoms in total. The lowest BCUT2D eigenvalue weighted by atomic mass is 10.2. The normalized spacial score (nSPS) is 12.2. The summed E-state index contributed by atoms with van der Waals surface area (Å²) in [5, 5.41) is 31.3. The third-order valence-electron chi connectivity index (χ3n) is 4.19. The molecule has 0 atom stereocenters. The number of para-hydroxylation sites is 2. The van der Waals surface area contributed by atoms with Crippen molar-refractivity contribution in [1.29, 1.82) is 5.26 Å². The van der Waals surface area contributed by atoms with Gasteiger partial charge in [0.2, 0.25) is 5.89 Å². The van der Waals surface area contributed by atoms with Gasteiger partial charge in [0.1, 0.15) is 17.4 Å². The lowest BCUT2D eigenvalue weighted by molar-refractivity contribution is 0.411. The molecule has 0 fully saturated rings. The van der Waals surface area contributed by atoms with Crippen LogP contribution in [0, 0.1) is 18.3 Å². The predicted octanol–water partition coefficient (Wildman–Crippen LogP) is 3.90. The Hall–Kier alpha value is -3.16. The first-order valence-corrected chi connectivity index (χ1v) is 10.5. The largest absolute Gasteiger partial charge is 0.510 e. The molecule has 10 heteroatoms. The van der Waals surface area contributed by atoms with Gasteiger partial charge in [0.15, 0.2) is 5.82 Å². The van der Waals surface area contributed by atoms with Crippen molar-refractivity contribution in [3.05, 3.63) is 57.8 Å². The fraction of sp³-hybridized carbons (Fsp3) is 0.211. The molecule has 0 saturated heterocycles. The van der Waals surface area contributed by atoms with Crippen molar-refractivity contribution in [2.45, 2.75) is 18.6 Å². The minimum atomic E-state index is -0.0919. The van der Waals surface area contributed by atoms with Crippen LogP contribution < -0.4 is 0 Å². The van der Waals surface area contributed by atoms with E-state index in [4.69, 9.17) is 4.42 Å². The average molecular weight is 425 g/mol. The van der Waals surface area contributed by atoms with Gasteiger partial charge in [0.25, 0.3) is 5.22 Å². The first-order valence-electron chi connectivity index (χ1n) is 8.65. The van der Waals surface area contributed by atoms with E-state index >= 15 is 0 Å². The fourth-order valence-electron chi connectivity index (χ4n) is 2.83. The number of rotatable bonds is 6. The molecule has 0 amide bonds. The molecule has 4 aromatic rings. The Morgan fingerprint density at radius 2 is 2.14 bits per heavy atom. The Balaban J connectivity index is 1.50. The summed E-state index contributed by atoms with van der Waals surface area (Å²) in [7, 11) is 1.81. The summed E-state index contributed by atoms with van der Waals surface area (Å²) in [5.74, 6) is 0.892. The van der Waals surface area contributed by atoms with Gasteiger partial charge in [-0.3, -0.25) is 0 Å². The summed E-state index contributed by atoms with van der Waals surface area (Å²) < 4.78 is 7.39. The maximum Gasteiger partial charge on any atom is 0.277 e. The van der Waals surface area contributed by atoms with E-state index in [2.05, 4.69) is 26.2 Å². The average Bonchev–Trinajstić information content (AvgIpc) is 3.42. The fourth-order valence-corrected chi connectivity index (χ4v) is 4.10. The van der Waals surface area contributed by atoms with Gasteiger partial charge < -0.3 is 14.1 Å². The van der Waals surface area contributed by atoms with Crippen LogP contribution in [0.1, 0.15) is 22.4 Å². The molecule has 3 heterocycles. The Morgan fingerprint density at radius 1 is 1.31 bits per heavy atom. The smallest absolute Gasteiger partial charge is 0.277 e. The Labute approximate surface area is 174 Å². The zero-order valence-corrected chi connectivity index (χ0v) is 17.3. The summed E-state index contributed by atoms with van der Waals surface area (Å²) in [6, 6.07) is 9.62. The van der Waals surface area contributed by atoms with Crippen LogP contribution in [0.25, 0.3) is 16.6 Å². The van der Waals surface area contributed by atoms with E-state index in [0.717, 1.165) is 33.5 Å². The van der Waals surface area contributed by atoms with Gasteiger partial charge in [0.05, 0.1) is 33.9 Å². The van der Waals surface area contributed by atoms with Crippen molar-refractivity contribution in [2.75, 3.05) is 5.75 Å². The van der Waals surface area contributed by atoms with Gasteiger partial charge in [-0.05, 0) is 19.1 Å². The quantitative estimate of drug-likeness (QED) is 0.282. The molecule has 4 rings (SSSR count). The molecule has 0 spiro atoms. The van der Waals surface area contributed by atoms with Crippen molar-refractivity contribution >= 4 is 39.7 Å². The molecule has 1 N–H and O–H groups in total. The van der Waals surface area contributed by atoms with Gasteiger partial charge in [-0.15, -0.1) is 21.5 Å². The maximum absolute atomic E-state index is 10.5. The molecule has 0 aliphatic carbocycles. The highest BCUT2D eigenvalue weighted by Crippen LogP contribution is 2.26. The number of aryl methyl sites for hydroxylation is 2. The monoisotopic (exact) mass is 424 g/mol. The molecule has 0 radical (unpaired) electrons. The number of nitrogens with zero attached hydrogens (tertiary/aromatic N) is 6. The number of imidazole rings is 1. The van der Waals surface area contributed by atoms with Crippen molar-refractivity contribution in [3.8, 4) is 6.07 Å².